The molecule has 1 saturated heterocycles. The van der Waals surface area contributed by atoms with Crippen LogP contribution in [0.3, 0.4) is 0 Å². The standard InChI is InChI=1S/C12H26N2/c1-3-12-7-5-4-6-9-14(12)10-8-11(2)13/h11-12H,3-10,13H2,1-2H3. The first kappa shape index (κ1) is 12.0. The number of hydrogen-bond acceptors (Lipinski definition) is 2. The molecule has 0 saturated carbocycles. The third-order valence-corrected chi connectivity index (χ3v) is 3.34. The van der Waals surface area contributed by atoms with Crippen LogP contribution in [0.5, 0.6) is 0 Å². The molecule has 2 N–H and O–H groups in total. The van der Waals surface area contributed by atoms with E-state index in [4.69, 9.17) is 5.73 Å². The molecule has 0 bridgehead atoms. The third-order valence-electron chi connectivity index (χ3n) is 3.34. The SMILES string of the molecule is CCC1CCCCCN1CCC(C)N. The second kappa shape index (κ2) is 6.41. The van der Waals surface area contributed by atoms with Crippen LogP contribution in [0.4, 0.5) is 0 Å². The number of hydrogen-bond donors (Lipinski definition) is 1. The summed E-state index contributed by atoms with van der Waals surface area (Å²) in [6, 6.07) is 1.19. The second-order valence-corrected chi connectivity index (χ2v) is 4.71. The zero-order chi connectivity index (χ0) is 10.4. The molecule has 0 aromatic heterocycles. The van der Waals surface area contributed by atoms with Crippen molar-refractivity contribution in [3.05, 3.63) is 0 Å². The predicted octanol–water partition coefficient (Wildman–Crippen LogP) is 2.38. The van der Waals surface area contributed by atoms with Crippen molar-refractivity contribution in [2.75, 3.05) is 13.1 Å². The molecule has 0 amide bonds. The highest BCUT2D eigenvalue weighted by atomic mass is 15.2. The molecule has 2 atom stereocenters. The van der Waals surface area contributed by atoms with Crippen LogP contribution in [0, 0.1) is 0 Å². The summed E-state index contributed by atoms with van der Waals surface area (Å²) >= 11 is 0. The van der Waals surface area contributed by atoms with Gasteiger partial charge in [-0.05, 0) is 45.7 Å². The fourth-order valence-corrected chi connectivity index (χ4v) is 2.36. The molecule has 2 heteroatoms. The highest BCUT2D eigenvalue weighted by molar-refractivity contribution is 4.75. The van der Waals surface area contributed by atoms with Crippen LogP contribution in [0.2, 0.25) is 0 Å². The smallest absolute Gasteiger partial charge is 0.00926 e. The Hall–Kier alpha value is -0.0800. The van der Waals surface area contributed by atoms with Crippen molar-refractivity contribution in [3.63, 3.8) is 0 Å². The van der Waals surface area contributed by atoms with Gasteiger partial charge in [0.1, 0.15) is 0 Å². The van der Waals surface area contributed by atoms with Gasteiger partial charge in [-0.3, -0.25) is 0 Å². The van der Waals surface area contributed by atoms with E-state index in [1.54, 1.807) is 0 Å². The molecule has 0 radical (unpaired) electrons. The van der Waals surface area contributed by atoms with Crippen LogP contribution in [-0.2, 0) is 0 Å². The number of nitrogens with zero attached hydrogens (tertiary/aromatic N) is 1. The molecule has 1 heterocycles. The van der Waals surface area contributed by atoms with Crippen LogP contribution in [0.1, 0.15) is 52.4 Å². The van der Waals surface area contributed by atoms with Gasteiger partial charge in [0.15, 0.2) is 0 Å². The number of rotatable bonds is 4. The lowest BCUT2D eigenvalue weighted by molar-refractivity contribution is 0.189. The van der Waals surface area contributed by atoms with Gasteiger partial charge in [-0.15, -0.1) is 0 Å². The van der Waals surface area contributed by atoms with Crippen LogP contribution >= 0.6 is 0 Å². The van der Waals surface area contributed by atoms with Crippen molar-refractivity contribution in [1.82, 2.24) is 4.90 Å². The lowest BCUT2D eigenvalue weighted by Crippen LogP contribution is -2.37. The molecular weight excluding hydrogens is 172 g/mol. The first-order valence-electron chi connectivity index (χ1n) is 6.23. The summed E-state index contributed by atoms with van der Waals surface area (Å²) in [7, 11) is 0. The van der Waals surface area contributed by atoms with Gasteiger partial charge in [0, 0.05) is 12.1 Å². The maximum atomic E-state index is 5.81. The van der Waals surface area contributed by atoms with E-state index in [-0.39, 0.29) is 0 Å². The fourth-order valence-electron chi connectivity index (χ4n) is 2.36. The highest BCUT2D eigenvalue weighted by Crippen LogP contribution is 2.19. The maximum Gasteiger partial charge on any atom is 0.00926 e. The van der Waals surface area contributed by atoms with Gasteiger partial charge in [-0.1, -0.05) is 19.8 Å². The number of nitrogens with two attached hydrogens (primary N) is 1. The monoisotopic (exact) mass is 198 g/mol. The molecule has 0 aromatic carbocycles. The summed E-state index contributed by atoms with van der Waals surface area (Å²) in [6.07, 6.45) is 8.08. The minimum atomic E-state index is 0.357. The van der Waals surface area contributed by atoms with Crippen LogP contribution in [0.25, 0.3) is 0 Å². The van der Waals surface area contributed by atoms with Crippen LogP contribution in [0.15, 0.2) is 0 Å². The largest absolute Gasteiger partial charge is 0.328 e. The van der Waals surface area contributed by atoms with Crippen LogP contribution < -0.4 is 5.73 Å². The molecule has 0 aromatic rings. The van der Waals surface area contributed by atoms with Gasteiger partial charge in [0.05, 0.1) is 0 Å². The Kier molecular flexibility index (Phi) is 5.49. The van der Waals surface area contributed by atoms with Crippen molar-refractivity contribution in [1.29, 1.82) is 0 Å². The molecule has 14 heavy (non-hydrogen) atoms. The van der Waals surface area contributed by atoms with Crippen LogP contribution in [-0.4, -0.2) is 30.1 Å². The molecular formula is C12H26N2. The van der Waals surface area contributed by atoms with Gasteiger partial charge in [0.25, 0.3) is 0 Å². The third kappa shape index (κ3) is 3.97. The Morgan fingerprint density at radius 2 is 2.14 bits per heavy atom. The summed E-state index contributed by atoms with van der Waals surface area (Å²) in [5.41, 5.74) is 5.81. The quantitative estimate of drug-likeness (QED) is 0.751. The highest BCUT2D eigenvalue weighted by Gasteiger charge is 2.18. The van der Waals surface area contributed by atoms with Crippen molar-refractivity contribution in [2.24, 2.45) is 5.73 Å². The Bertz CT molecular complexity index is 145. The Labute approximate surface area is 88.8 Å². The molecule has 0 aliphatic carbocycles. The van der Waals surface area contributed by atoms with E-state index in [1.807, 2.05) is 0 Å². The summed E-state index contributed by atoms with van der Waals surface area (Å²) in [6.45, 7) is 6.93. The topological polar surface area (TPSA) is 29.3 Å². The lowest BCUT2D eigenvalue weighted by atomic mass is 10.1. The Morgan fingerprint density at radius 1 is 1.36 bits per heavy atom. The van der Waals surface area contributed by atoms with Gasteiger partial charge in [-0.2, -0.15) is 0 Å². The molecule has 1 aliphatic rings. The molecule has 84 valence electrons. The summed E-state index contributed by atoms with van der Waals surface area (Å²) in [5, 5.41) is 0. The maximum absolute atomic E-state index is 5.81. The minimum Gasteiger partial charge on any atom is -0.328 e. The lowest BCUT2D eigenvalue weighted by Gasteiger charge is -2.29. The van der Waals surface area contributed by atoms with Gasteiger partial charge in [-0.25, -0.2) is 0 Å². The number of likely N-dealkylation sites (tertiary alicyclic amines) is 1. The molecule has 2 unspecified atom stereocenters. The first-order chi connectivity index (χ1) is 6.74. The molecule has 2 nitrogen and oxygen atoms in total. The minimum absolute atomic E-state index is 0.357. The van der Waals surface area contributed by atoms with E-state index in [9.17, 15) is 0 Å². The van der Waals surface area contributed by atoms with Crippen molar-refractivity contribution in [2.45, 2.75) is 64.5 Å². The normalized spacial score (nSPS) is 27.2. The van der Waals surface area contributed by atoms with E-state index in [0.29, 0.717) is 6.04 Å². The summed E-state index contributed by atoms with van der Waals surface area (Å²) < 4.78 is 0. The van der Waals surface area contributed by atoms with Gasteiger partial charge in [0.2, 0.25) is 0 Å². The summed E-state index contributed by atoms with van der Waals surface area (Å²) in [5.74, 6) is 0. The zero-order valence-electron chi connectivity index (χ0n) is 9.84. The predicted molar refractivity (Wildman–Crippen MR) is 62.4 cm³/mol. The van der Waals surface area contributed by atoms with Gasteiger partial charge < -0.3 is 10.6 Å². The van der Waals surface area contributed by atoms with Crippen molar-refractivity contribution in [3.8, 4) is 0 Å². The van der Waals surface area contributed by atoms with E-state index in [1.165, 1.54) is 45.2 Å². The first-order valence-corrected chi connectivity index (χ1v) is 6.23. The second-order valence-electron chi connectivity index (χ2n) is 4.71. The Morgan fingerprint density at radius 3 is 2.79 bits per heavy atom. The Balaban J connectivity index is 2.36. The molecule has 0 spiro atoms. The fraction of sp³-hybridized carbons (Fsp3) is 1.00. The van der Waals surface area contributed by atoms with Crippen molar-refractivity contribution >= 4 is 0 Å². The molecule has 1 fully saturated rings. The average molecular weight is 198 g/mol. The van der Waals surface area contributed by atoms with E-state index >= 15 is 0 Å². The van der Waals surface area contributed by atoms with E-state index in [2.05, 4.69) is 18.7 Å². The van der Waals surface area contributed by atoms with E-state index < -0.39 is 0 Å². The molecule has 1 rings (SSSR count). The average Bonchev–Trinajstić information content (AvgIpc) is 2.38. The van der Waals surface area contributed by atoms with E-state index in [0.717, 1.165) is 12.5 Å². The van der Waals surface area contributed by atoms with Crippen molar-refractivity contribution < 1.29 is 0 Å². The summed E-state index contributed by atoms with van der Waals surface area (Å²) in [4.78, 5) is 2.66. The molecule has 1 aliphatic heterocycles. The van der Waals surface area contributed by atoms with Gasteiger partial charge >= 0.3 is 0 Å². The zero-order valence-corrected chi connectivity index (χ0v) is 9.84.